The Morgan fingerprint density at radius 3 is 2.48 bits per heavy atom. The Balaban J connectivity index is 1.40. The van der Waals surface area contributed by atoms with Crippen LogP contribution in [-0.2, 0) is 17.8 Å². The average molecular weight is 553 g/mol. The first-order chi connectivity index (χ1) is 19.4. The molecule has 1 heterocycles. The van der Waals surface area contributed by atoms with Gasteiger partial charge < -0.3 is 24.7 Å². The fourth-order valence-electron chi connectivity index (χ4n) is 4.50. The van der Waals surface area contributed by atoms with Crippen molar-refractivity contribution >= 4 is 17.6 Å². The summed E-state index contributed by atoms with van der Waals surface area (Å²) in [6, 6.07) is 29.4. The second-order valence-corrected chi connectivity index (χ2v) is 9.52. The number of methoxy groups -OCH3 is 1. The van der Waals surface area contributed by atoms with Gasteiger partial charge in [-0.2, -0.15) is 5.26 Å². The third-order valence-corrected chi connectivity index (χ3v) is 6.69. The smallest absolute Gasteiger partial charge is 0.315 e. The highest BCUT2D eigenvalue weighted by Gasteiger charge is 2.31. The Labute approximate surface area is 236 Å². The number of nitrogens with two attached hydrogens (primary N) is 1. The van der Waals surface area contributed by atoms with Crippen LogP contribution in [-0.4, -0.2) is 13.1 Å². The zero-order valence-electron chi connectivity index (χ0n) is 21.6. The summed E-state index contributed by atoms with van der Waals surface area (Å²) in [4.78, 5) is 12.5. The molecule has 0 bridgehead atoms. The molecule has 0 saturated carbocycles. The summed E-state index contributed by atoms with van der Waals surface area (Å²) in [7, 11) is 1.55. The summed E-state index contributed by atoms with van der Waals surface area (Å²) in [5.41, 5.74) is 9.69. The lowest BCUT2D eigenvalue weighted by molar-refractivity contribution is -0.133. The summed E-state index contributed by atoms with van der Waals surface area (Å²) in [5, 5.41) is 10.6. The van der Waals surface area contributed by atoms with E-state index >= 15 is 0 Å². The number of benzene rings is 4. The number of ether oxygens (including phenoxy) is 4. The first-order valence-electron chi connectivity index (χ1n) is 12.5. The molecule has 2 N–H and O–H groups in total. The maximum Gasteiger partial charge on any atom is 0.315 e. The van der Waals surface area contributed by atoms with Gasteiger partial charge in [0.25, 0.3) is 0 Å². The first kappa shape index (κ1) is 26.7. The molecule has 0 aliphatic carbocycles. The lowest BCUT2D eigenvalue weighted by Crippen LogP contribution is -2.21. The normalized spacial score (nSPS) is 14.0. The molecule has 0 aromatic heterocycles. The minimum atomic E-state index is -0.526. The van der Waals surface area contributed by atoms with Crippen molar-refractivity contribution in [1.29, 1.82) is 5.26 Å². The van der Waals surface area contributed by atoms with Gasteiger partial charge in [0, 0.05) is 16.7 Å². The number of hydrogen-bond acceptors (Lipinski definition) is 7. The number of nitriles is 1. The topological polar surface area (TPSA) is 104 Å². The zero-order valence-corrected chi connectivity index (χ0v) is 22.4. The predicted octanol–water partition coefficient (Wildman–Crippen LogP) is 6.29. The SMILES string of the molecule is COc1cc(C2C(C#N)=C(N)Oc3cc(OC(=O)Cc4ccccc4)ccc32)ccc1OCc1ccc(Cl)cc1. The third kappa shape index (κ3) is 5.88. The van der Waals surface area contributed by atoms with Crippen molar-refractivity contribution < 1.29 is 23.7 Å². The van der Waals surface area contributed by atoms with Crippen molar-refractivity contribution in [2.45, 2.75) is 18.9 Å². The minimum absolute atomic E-state index is 0.0187. The van der Waals surface area contributed by atoms with Gasteiger partial charge in [-0.05, 0) is 47.0 Å². The molecule has 0 spiro atoms. The molecule has 7 nitrogen and oxygen atoms in total. The van der Waals surface area contributed by atoms with Crippen LogP contribution in [0.15, 0.2) is 102 Å². The van der Waals surface area contributed by atoms with E-state index in [1.54, 1.807) is 43.5 Å². The molecule has 0 saturated heterocycles. The molecule has 1 aliphatic heterocycles. The van der Waals surface area contributed by atoms with Crippen LogP contribution >= 0.6 is 11.6 Å². The molecule has 1 atom stereocenters. The highest BCUT2D eigenvalue weighted by molar-refractivity contribution is 6.30. The van der Waals surface area contributed by atoms with Gasteiger partial charge >= 0.3 is 5.97 Å². The maximum absolute atomic E-state index is 12.5. The number of carbonyl (C=O) groups is 1. The van der Waals surface area contributed by atoms with Crippen molar-refractivity contribution in [2.75, 3.05) is 7.11 Å². The van der Waals surface area contributed by atoms with Crippen molar-refractivity contribution in [3.8, 4) is 29.1 Å². The quantitative estimate of drug-likeness (QED) is 0.202. The molecular weight excluding hydrogens is 528 g/mol. The van der Waals surface area contributed by atoms with E-state index < -0.39 is 11.9 Å². The number of rotatable bonds is 8. The second-order valence-electron chi connectivity index (χ2n) is 9.09. The second kappa shape index (κ2) is 11.9. The number of fused-ring (bicyclic) bond motifs is 1. The van der Waals surface area contributed by atoms with Crippen molar-refractivity contribution in [1.82, 2.24) is 0 Å². The van der Waals surface area contributed by atoms with Gasteiger partial charge in [-0.25, -0.2) is 0 Å². The third-order valence-electron chi connectivity index (χ3n) is 6.44. The summed E-state index contributed by atoms with van der Waals surface area (Å²) >= 11 is 5.97. The van der Waals surface area contributed by atoms with Gasteiger partial charge in [0.1, 0.15) is 29.7 Å². The van der Waals surface area contributed by atoms with E-state index in [9.17, 15) is 10.1 Å². The van der Waals surface area contributed by atoms with E-state index in [2.05, 4.69) is 6.07 Å². The van der Waals surface area contributed by atoms with E-state index in [-0.39, 0.29) is 17.9 Å². The van der Waals surface area contributed by atoms with Crippen LogP contribution in [0.5, 0.6) is 23.0 Å². The molecule has 1 aliphatic rings. The predicted molar refractivity (Wildman–Crippen MR) is 150 cm³/mol. The van der Waals surface area contributed by atoms with Crippen LogP contribution < -0.4 is 24.7 Å². The number of esters is 1. The Hall–Kier alpha value is -4.93. The molecule has 8 heteroatoms. The van der Waals surface area contributed by atoms with Gasteiger partial charge in [0.15, 0.2) is 11.5 Å². The number of halogens is 1. The van der Waals surface area contributed by atoms with E-state index in [4.69, 9.17) is 36.3 Å². The summed E-state index contributed by atoms with van der Waals surface area (Å²) in [6.07, 6.45) is 0.133. The Morgan fingerprint density at radius 1 is 0.975 bits per heavy atom. The van der Waals surface area contributed by atoms with Gasteiger partial charge in [0.2, 0.25) is 5.88 Å². The Morgan fingerprint density at radius 2 is 1.75 bits per heavy atom. The molecule has 0 fully saturated rings. The average Bonchev–Trinajstić information content (AvgIpc) is 2.96. The van der Waals surface area contributed by atoms with Crippen LogP contribution in [0.1, 0.15) is 28.2 Å². The largest absolute Gasteiger partial charge is 0.493 e. The van der Waals surface area contributed by atoms with Crippen molar-refractivity contribution in [2.24, 2.45) is 5.73 Å². The number of carbonyl (C=O) groups excluding carboxylic acids is 1. The van der Waals surface area contributed by atoms with Crippen molar-refractivity contribution in [3.05, 3.63) is 130 Å². The molecule has 5 rings (SSSR count). The fourth-order valence-corrected chi connectivity index (χ4v) is 4.62. The highest BCUT2D eigenvalue weighted by atomic mass is 35.5. The van der Waals surface area contributed by atoms with Gasteiger partial charge in [-0.3, -0.25) is 4.79 Å². The zero-order chi connectivity index (χ0) is 28.1. The van der Waals surface area contributed by atoms with E-state index in [0.717, 1.165) is 16.7 Å². The summed E-state index contributed by atoms with van der Waals surface area (Å²) < 4.78 is 22.9. The number of allylic oxidation sites excluding steroid dienone is 1. The van der Waals surface area contributed by atoms with Crippen LogP contribution in [0.2, 0.25) is 5.02 Å². The van der Waals surface area contributed by atoms with E-state index in [1.807, 2.05) is 54.6 Å². The van der Waals surface area contributed by atoms with Crippen LogP contribution in [0.25, 0.3) is 0 Å². The summed E-state index contributed by atoms with van der Waals surface area (Å²) in [6.45, 7) is 0.328. The van der Waals surface area contributed by atoms with Gasteiger partial charge in [0.05, 0.1) is 19.4 Å². The summed E-state index contributed by atoms with van der Waals surface area (Å²) in [5.74, 6) is 0.811. The monoisotopic (exact) mass is 552 g/mol. The van der Waals surface area contributed by atoms with Crippen LogP contribution in [0.4, 0.5) is 0 Å². The molecule has 200 valence electrons. The highest BCUT2D eigenvalue weighted by Crippen LogP contribution is 2.45. The van der Waals surface area contributed by atoms with Crippen LogP contribution in [0, 0.1) is 11.3 Å². The number of hydrogen-bond donors (Lipinski definition) is 1. The Bertz CT molecular complexity index is 1610. The Kier molecular flexibility index (Phi) is 7.90. The van der Waals surface area contributed by atoms with E-state index in [1.165, 1.54) is 0 Å². The van der Waals surface area contributed by atoms with Crippen molar-refractivity contribution in [3.63, 3.8) is 0 Å². The van der Waals surface area contributed by atoms with Crippen LogP contribution in [0.3, 0.4) is 0 Å². The molecule has 40 heavy (non-hydrogen) atoms. The maximum atomic E-state index is 12.5. The molecule has 0 radical (unpaired) electrons. The lowest BCUT2D eigenvalue weighted by atomic mass is 9.83. The fraction of sp³-hybridized carbons (Fsp3) is 0.125. The minimum Gasteiger partial charge on any atom is -0.493 e. The molecule has 4 aromatic rings. The molecule has 4 aromatic carbocycles. The molecule has 1 unspecified atom stereocenters. The first-order valence-corrected chi connectivity index (χ1v) is 12.8. The molecule has 0 amide bonds. The molecular formula is C32H25ClN2O5. The number of nitrogens with zero attached hydrogens (tertiary/aromatic N) is 1. The lowest BCUT2D eigenvalue weighted by Gasteiger charge is -2.27. The van der Waals surface area contributed by atoms with Gasteiger partial charge in [-0.15, -0.1) is 0 Å². The van der Waals surface area contributed by atoms with Gasteiger partial charge in [-0.1, -0.05) is 66.2 Å². The van der Waals surface area contributed by atoms with E-state index in [0.29, 0.717) is 40.2 Å². The standard InChI is InChI=1S/C32H25ClN2O5/c1-37-29-16-22(9-14-27(29)38-19-21-7-10-23(33)11-8-21)31-25-13-12-24(17-28(25)40-32(35)26(31)18-34)39-30(36)15-20-5-3-2-4-6-20/h2-14,16-17,31H,15,19,35H2,1H3.